The van der Waals surface area contributed by atoms with E-state index in [4.69, 9.17) is 9.84 Å². The first-order valence-electron chi connectivity index (χ1n) is 8.58. The van der Waals surface area contributed by atoms with E-state index in [1.165, 1.54) is 10.7 Å². The number of rotatable bonds is 0. The van der Waals surface area contributed by atoms with Crippen LogP contribution >= 0.6 is 0 Å². The lowest BCUT2D eigenvalue weighted by molar-refractivity contribution is 0.0948. The van der Waals surface area contributed by atoms with Crippen LogP contribution in [0.15, 0.2) is 30.6 Å². The van der Waals surface area contributed by atoms with E-state index in [0.29, 0.717) is 17.0 Å². The molecule has 1 aliphatic heterocycles. The van der Waals surface area contributed by atoms with Gasteiger partial charge in [-0.2, -0.15) is 5.10 Å². The van der Waals surface area contributed by atoms with Gasteiger partial charge in [0.05, 0.1) is 18.4 Å². The van der Waals surface area contributed by atoms with Crippen LogP contribution in [0.3, 0.4) is 0 Å². The van der Waals surface area contributed by atoms with E-state index in [1.54, 1.807) is 12.3 Å². The number of aliphatic hydroxyl groups excluding tert-OH is 1. The molecule has 29 heavy (non-hydrogen) atoms. The zero-order chi connectivity index (χ0) is 20.7. The summed E-state index contributed by atoms with van der Waals surface area (Å²) in [6.45, 7) is 4.17. The van der Waals surface area contributed by atoms with Crippen molar-refractivity contribution in [1.29, 1.82) is 0 Å². The minimum absolute atomic E-state index is 0. The maximum absolute atomic E-state index is 14.0. The molecular formula is C19H25F2N5O3. The van der Waals surface area contributed by atoms with Crippen molar-refractivity contribution in [3.8, 4) is 5.75 Å². The summed E-state index contributed by atoms with van der Waals surface area (Å²) in [5.41, 5.74) is 0.736. The van der Waals surface area contributed by atoms with Gasteiger partial charge in [0.2, 0.25) is 0 Å². The lowest BCUT2D eigenvalue weighted by Gasteiger charge is -2.15. The Balaban J connectivity index is 0.000000794. The van der Waals surface area contributed by atoms with Crippen LogP contribution in [-0.2, 0) is 0 Å². The van der Waals surface area contributed by atoms with E-state index >= 15 is 0 Å². The van der Waals surface area contributed by atoms with Crippen molar-refractivity contribution in [2.24, 2.45) is 0 Å². The molecule has 0 saturated carbocycles. The van der Waals surface area contributed by atoms with Crippen LogP contribution in [0.2, 0.25) is 0 Å². The van der Waals surface area contributed by atoms with Crippen LogP contribution in [-0.4, -0.2) is 45.9 Å². The van der Waals surface area contributed by atoms with Crippen LogP contribution in [0.4, 0.5) is 20.3 Å². The highest BCUT2D eigenvalue weighted by atomic mass is 19.1. The van der Waals surface area contributed by atoms with E-state index in [2.05, 4.69) is 20.7 Å². The van der Waals surface area contributed by atoms with E-state index in [9.17, 15) is 13.6 Å². The SMILES string of the molecule is C.CC.CO.O=C1NCCOc2c(F)cc(F)cc2Nc2ccn3ncc1c3n2. The normalized spacial score (nSPS) is 12.1. The smallest absolute Gasteiger partial charge is 0.256 e. The predicted octanol–water partition coefficient (Wildman–Crippen LogP) is 3.14. The quantitative estimate of drug-likeness (QED) is 0.527. The van der Waals surface area contributed by atoms with E-state index in [1.807, 2.05) is 13.8 Å². The first kappa shape index (κ1) is 23.8. The third-order valence-corrected chi connectivity index (χ3v) is 3.52. The fourth-order valence-corrected chi connectivity index (χ4v) is 2.45. The Kier molecular flexibility index (Phi) is 8.94. The maximum Gasteiger partial charge on any atom is 0.256 e. The summed E-state index contributed by atoms with van der Waals surface area (Å²) in [6, 6.07) is 3.42. The Morgan fingerprint density at radius 2 is 1.97 bits per heavy atom. The summed E-state index contributed by atoms with van der Waals surface area (Å²) in [5, 5.41) is 16.5. The largest absolute Gasteiger partial charge is 0.486 e. The molecule has 158 valence electrons. The third-order valence-electron chi connectivity index (χ3n) is 3.52. The highest BCUT2D eigenvalue weighted by Gasteiger charge is 2.18. The summed E-state index contributed by atoms with van der Waals surface area (Å²) >= 11 is 0. The molecule has 0 spiro atoms. The summed E-state index contributed by atoms with van der Waals surface area (Å²) in [5.74, 6) is -1.78. The zero-order valence-corrected chi connectivity index (χ0v) is 15.7. The number of carbonyl (C=O) groups is 1. The van der Waals surface area contributed by atoms with Crippen molar-refractivity contribution < 1.29 is 23.4 Å². The first-order valence-corrected chi connectivity index (χ1v) is 8.58. The van der Waals surface area contributed by atoms with Crippen LogP contribution in [0, 0.1) is 11.6 Å². The van der Waals surface area contributed by atoms with Gasteiger partial charge < -0.3 is 20.5 Å². The molecule has 0 aliphatic carbocycles. The molecule has 1 aliphatic rings. The molecule has 8 nitrogen and oxygen atoms in total. The zero-order valence-electron chi connectivity index (χ0n) is 15.7. The second kappa shape index (κ2) is 10.9. The fourth-order valence-electron chi connectivity index (χ4n) is 2.45. The summed E-state index contributed by atoms with van der Waals surface area (Å²) in [7, 11) is 1.00. The highest BCUT2D eigenvalue weighted by Crippen LogP contribution is 2.31. The summed E-state index contributed by atoms with van der Waals surface area (Å²) in [6.07, 6.45) is 2.99. The molecule has 0 atom stereocenters. The average molecular weight is 409 g/mol. The summed E-state index contributed by atoms with van der Waals surface area (Å²) in [4.78, 5) is 16.5. The number of nitrogens with one attached hydrogen (secondary N) is 2. The molecule has 0 fully saturated rings. The molecule has 2 aromatic heterocycles. The fraction of sp³-hybridized carbons (Fsp3) is 0.316. The van der Waals surface area contributed by atoms with Crippen LogP contribution < -0.4 is 15.4 Å². The molecule has 10 heteroatoms. The number of aromatic nitrogens is 3. The van der Waals surface area contributed by atoms with Gasteiger partial charge in [0.15, 0.2) is 17.2 Å². The Bertz CT molecular complexity index is 962. The predicted molar refractivity (Wildman–Crippen MR) is 107 cm³/mol. The number of hydrogen-bond donors (Lipinski definition) is 3. The number of benzene rings is 1. The average Bonchev–Trinajstić information content (AvgIpc) is 3.12. The van der Waals surface area contributed by atoms with Gasteiger partial charge in [-0.1, -0.05) is 21.3 Å². The van der Waals surface area contributed by atoms with Crippen molar-refractivity contribution in [3.05, 3.63) is 47.8 Å². The number of ether oxygens (including phenoxy) is 1. The molecule has 3 aromatic rings. The molecule has 0 unspecified atom stereocenters. The summed E-state index contributed by atoms with van der Waals surface area (Å²) < 4.78 is 34.3. The molecule has 1 aromatic carbocycles. The van der Waals surface area contributed by atoms with Crippen molar-refractivity contribution in [3.63, 3.8) is 0 Å². The van der Waals surface area contributed by atoms with Crippen molar-refractivity contribution in [2.45, 2.75) is 21.3 Å². The van der Waals surface area contributed by atoms with Crippen LogP contribution in [0.25, 0.3) is 5.65 Å². The Labute approximate surface area is 167 Å². The lowest BCUT2D eigenvalue weighted by atomic mass is 10.2. The van der Waals surface area contributed by atoms with Gasteiger partial charge in [-0.3, -0.25) is 4.79 Å². The molecule has 4 rings (SSSR count). The van der Waals surface area contributed by atoms with Crippen molar-refractivity contribution in [2.75, 3.05) is 25.6 Å². The maximum atomic E-state index is 14.0. The van der Waals surface area contributed by atoms with Gasteiger partial charge in [0.1, 0.15) is 23.8 Å². The Hall–Kier alpha value is -3.27. The van der Waals surface area contributed by atoms with Crippen molar-refractivity contribution >= 4 is 23.1 Å². The molecule has 2 bridgehead atoms. The number of nitrogens with zero attached hydrogens (tertiary/aromatic N) is 3. The van der Waals surface area contributed by atoms with E-state index < -0.39 is 11.6 Å². The molecule has 1 amide bonds. The van der Waals surface area contributed by atoms with Crippen LogP contribution in [0.1, 0.15) is 31.6 Å². The molecular weight excluding hydrogens is 384 g/mol. The molecule has 0 radical (unpaired) electrons. The topological polar surface area (TPSA) is 101 Å². The number of aliphatic hydroxyl groups is 1. The lowest BCUT2D eigenvalue weighted by Crippen LogP contribution is -2.28. The van der Waals surface area contributed by atoms with Gasteiger partial charge in [0.25, 0.3) is 5.91 Å². The van der Waals surface area contributed by atoms with Gasteiger partial charge in [-0.05, 0) is 6.07 Å². The van der Waals surface area contributed by atoms with Crippen LogP contribution in [0.5, 0.6) is 5.75 Å². The second-order valence-electron chi connectivity index (χ2n) is 5.13. The Morgan fingerprint density at radius 1 is 1.24 bits per heavy atom. The highest BCUT2D eigenvalue weighted by molar-refractivity contribution is 5.99. The van der Waals surface area contributed by atoms with Gasteiger partial charge in [0, 0.05) is 25.4 Å². The number of hydrogen-bond acceptors (Lipinski definition) is 6. The minimum atomic E-state index is -0.841. The molecule has 3 heterocycles. The van der Waals surface area contributed by atoms with E-state index in [-0.39, 0.29) is 37.9 Å². The van der Waals surface area contributed by atoms with Gasteiger partial charge in [-0.25, -0.2) is 18.3 Å². The van der Waals surface area contributed by atoms with Crippen molar-refractivity contribution in [1.82, 2.24) is 19.9 Å². The third kappa shape index (κ3) is 5.17. The minimum Gasteiger partial charge on any atom is -0.486 e. The van der Waals surface area contributed by atoms with Gasteiger partial charge in [-0.15, -0.1) is 0 Å². The Morgan fingerprint density at radius 3 is 2.69 bits per heavy atom. The first-order chi connectivity index (χ1) is 13.6. The number of anilines is 2. The van der Waals surface area contributed by atoms with E-state index in [0.717, 1.165) is 19.2 Å². The van der Waals surface area contributed by atoms with Gasteiger partial charge >= 0.3 is 0 Å². The molecule has 0 saturated heterocycles. The number of halogens is 2. The standard InChI is InChI=1S/C15H11F2N5O2.C2H6.CH4O.CH4/c16-8-5-10(17)13-11(6-8)20-12-1-3-22-14(21-12)9(7-19-22)15(23)18-2-4-24-13;2*1-2;/h1,3,5-7H,2,4H2,(H,18,23)(H,20,21);1-2H3;2H,1H3;1H4. The number of fused-ring (bicyclic) bond motifs is 2. The monoisotopic (exact) mass is 409 g/mol. The second-order valence-corrected chi connectivity index (χ2v) is 5.13. The number of carbonyl (C=O) groups excluding carboxylic acids is 1. The molecule has 3 N–H and O–H groups in total. The number of amides is 1.